The lowest BCUT2D eigenvalue weighted by Crippen LogP contribution is -2.42. The third-order valence-electron chi connectivity index (χ3n) is 5.96. The summed E-state index contributed by atoms with van der Waals surface area (Å²) in [4.78, 5) is 27.6. The number of benzene rings is 2. The van der Waals surface area contributed by atoms with Gasteiger partial charge in [0, 0.05) is 23.2 Å². The van der Waals surface area contributed by atoms with E-state index in [1.807, 2.05) is 0 Å². The Morgan fingerprint density at radius 3 is 2.40 bits per heavy atom. The number of thioether (sulfide) groups is 1. The van der Waals surface area contributed by atoms with Crippen LogP contribution in [-0.4, -0.2) is 48.7 Å². The summed E-state index contributed by atoms with van der Waals surface area (Å²) in [6.07, 6.45) is 4.44. The molecule has 2 amide bonds. The SMILES string of the molecule is COc1ccc(NC(=O)C[C@H]2SC(=NS(=O)(=O)c3ccc(Cl)cc3)N(C3CCCCC3)C2=O)cc1. The van der Waals surface area contributed by atoms with E-state index >= 15 is 0 Å². The van der Waals surface area contributed by atoms with E-state index in [1.165, 1.54) is 29.2 Å². The van der Waals surface area contributed by atoms with Crippen molar-refractivity contribution >= 4 is 56.1 Å². The first-order valence-electron chi connectivity index (χ1n) is 11.3. The molecule has 1 saturated heterocycles. The van der Waals surface area contributed by atoms with E-state index in [9.17, 15) is 18.0 Å². The zero-order chi connectivity index (χ0) is 25.0. The van der Waals surface area contributed by atoms with Crippen molar-refractivity contribution in [1.82, 2.24) is 4.90 Å². The van der Waals surface area contributed by atoms with E-state index in [2.05, 4.69) is 9.71 Å². The van der Waals surface area contributed by atoms with Crippen molar-refractivity contribution in [2.75, 3.05) is 12.4 Å². The molecule has 1 aliphatic heterocycles. The smallest absolute Gasteiger partial charge is 0.284 e. The van der Waals surface area contributed by atoms with Crippen LogP contribution in [-0.2, 0) is 19.6 Å². The molecule has 186 valence electrons. The Bertz CT molecular complexity index is 1210. The molecule has 0 aromatic heterocycles. The predicted molar refractivity (Wildman–Crippen MR) is 137 cm³/mol. The first kappa shape index (κ1) is 25.5. The first-order chi connectivity index (χ1) is 16.8. The molecule has 11 heteroatoms. The van der Waals surface area contributed by atoms with Gasteiger partial charge in [-0.1, -0.05) is 42.6 Å². The minimum absolute atomic E-state index is 0.00765. The maximum atomic E-state index is 13.4. The van der Waals surface area contributed by atoms with E-state index in [0.29, 0.717) is 16.5 Å². The van der Waals surface area contributed by atoms with E-state index in [0.717, 1.165) is 43.9 Å². The van der Waals surface area contributed by atoms with Gasteiger partial charge in [0.1, 0.15) is 11.0 Å². The second-order valence-electron chi connectivity index (χ2n) is 8.39. The molecule has 1 N–H and O–H groups in total. The topological polar surface area (TPSA) is 105 Å². The molecule has 0 spiro atoms. The number of nitrogens with one attached hydrogen (secondary N) is 1. The molecule has 1 aliphatic carbocycles. The normalized spacial score (nSPS) is 20.3. The lowest BCUT2D eigenvalue weighted by Gasteiger charge is -2.30. The molecule has 0 bridgehead atoms. The summed E-state index contributed by atoms with van der Waals surface area (Å²) in [5, 5.41) is 2.56. The minimum Gasteiger partial charge on any atom is -0.497 e. The highest BCUT2D eigenvalue weighted by atomic mass is 35.5. The van der Waals surface area contributed by atoms with Crippen LogP contribution < -0.4 is 10.1 Å². The van der Waals surface area contributed by atoms with E-state index in [4.69, 9.17) is 16.3 Å². The third-order valence-corrected chi connectivity index (χ3v) is 8.76. The molecular weight excluding hydrogens is 510 g/mol. The number of rotatable bonds is 7. The second-order valence-corrected chi connectivity index (χ2v) is 11.6. The van der Waals surface area contributed by atoms with Gasteiger partial charge in [0.2, 0.25) is 11.8 Å². The fraction of sp³-hybridized carbons (Fsp3) is 0.375. The Hall–Kier alpha value is -2.56. The van der Waals surface area contributed by atoms with Crippen LogP contribution in [0.3, 0.4) is 0 Å². The fourth-order valence-electron chi connectivity index (χ4n) is 4.17. The Labute approximate surface area is 214 Å². The van der Waals surface area contributed by atoms with E-state index < -0.39 is 15.3 Å². The van der Waals surface area contributed by atoms with Crippen molar-refractivity contribution in [3.63, 3.8) is 0 Å². The molecule has 1 saturated carbocycles. The highest BCUT2D eigenvalue weighted by Crippen LogP contribution is 2.36. The summed E-state index contributed by atoms with van der Waals surface area (Å²) < 4.78 is 35.1. The molecule has 1 heterocycles. The van der Waals surface area contributed by atoms with Gasteiger partial charge in [-0.3, -0.25) is 14.5 Å². The van der Waals surface area contributed by atoms with Crippen LogP contribution in [0.2, 0.25) is 5.02 Å². The number of nitrogens with zero attached hydrogens (tertiary/aromatic N) is 2. The molecular formula is C24H26ClN3O5S2. The van der Waals surface area contributed by atoms with Gasteiger partial charge >= 0.3 is 0 Å². The zero-order valence-corrected chi connectivity index (χ0v) is 21.5. The molecule has 2 aliphatic rings. The van der Waals surface area contributed by atoms with Crippen LogP contribution >= 0.6 is 23.4 Å². The Balaban J connectivity index is 1.55. The largest absolute Gasteiger partial charge is 0.497 e. The first-order valence-corrected chi connectivity index (χ1v) is 14.0. The summed E-state index contributed by atoms with van der Waals surface area (Å²) in [5.74, 6) is 0.0404. The van der Waals surface area contributed by atoms with Gasteiger partial charge in [-0.25, -0.2) is 0 Å². The van der Waals surface area contributed by atoms with Crippen molar-refractivity contribution < 1.29 is 22.7 Å². The molecule has 2 fully saturated rings. The van der Waals surface area contributed by atoms with E-state index in [-0.39, 0.29) is 34.3 Å². The third kappa shape index (κ3) is 6.17. The number of anilines is 1. The van der Waals surface area contributed by atoms with Crippen LogP contribution in [0, 0.1) is 0 Å². The number of amides is 2. The minimum atomic E-state index is -4.06. The Morgan fingerprint density at radius 1 is 1.11 bits per heavy atom. The van der Waals surface area contributed by atoms with Gasteiger partial charge in [-0.2, -0.15) is 8.42 Å². The second kappa shape index (κ2) is 11.0. The number of ether oxygens (including phenoxy) is 1. The summed E-state index contributed by atoms with van der Waals surface area (Å²) in [6, 6.07) is 12.5. The number of carbonyl (C=O) groups excluding carboxylic acids is 2. The van der Waals surface area contributed by atoms with Crippen molar-refractivity contribution in [2.24, 2.45) is 4.40 Å². The lowest BCUT2D eigenvalue weighted by atomic mass is 9.94. The van der Waals surface area contributed by atoms with Crippen LogP contribution in [0.5, 0.6) is 5.75 Å². The van der Waals surface area contributed by atoms with Crippen molar-refractivity contribution in [1.29, 1.82) is 0 Å². The van der Waals surface area contributed by atoms with E-state index in [1.54, 1.807) is 31.4 Å². The standard InChI is InChI=1S/C24H26ClN3O5S2/c1-33-19-11-9-17(10-12-19)26-22(29)15-21-23(30)28(18-5-3-2-4-6-18)24(34-21)27-35(31,32)20-13-7-16(25)8-14-20/h7-14,18,21H,2-6,15H2,1H3,(H,26,29)/t21-/m1/s1. The van der Waals surface area contributed by atoms with Gasteiger partial charge in [-0.15, -0.1) is 4.40 Å². The van der Waals surface area contributed by atoms with Crippen LogP contribution in [0.1, 0.15) is 38.5 Å². The number of carbonyl (C=O) groups is 2. The maximum Gasteiger partial charge on any atom is 0.284 e. The van der Waals surface area contributed by atoms with Crippen LogP contribution in [0.4, 0.5) is 5.69 Å². The summed E-state index contributed by atoms with van der Waals surface area (Å²) in [7, 11) is -2.50. The van der Waals surface area contributed by atoms with Gasteiger partial charge in [-0.05, 0) is 61.4 Å². The van der Waals surface area contributed by atoms with Gasteiger partial charge in [0.05, 0.1) is 12.0 Å². The van der Waals surface area contributed by atoms with Crippen molar-refractivity contribution in [2.45, 2.75) is 54.7 Å². The lowest BCUT2D eigenvalue weighted by molar-refractivity contribution is -0.130. The number of sulfonamides is 1. The van der Waals surface area contributed by atoms with Crippen molar-refractivity contribution in [3.05, 3.63) is 53.6 Å². The molecule has 1 atom stereocenters. The highest BCUT2D eigenvalue weighted by molar-refractivity contribution is 8.16. The fourth-order valence-corrected chi connectivity index (χ4v) is 6.70. The molecule has 0 unspecified atom stereocenters. The molecule has 35 heavy (non-hydrogen) atoms. The summed E-state index contributed by atoms with van der Waals surface area (Å²) in [6.45, 7) is 0. The summed E-state index contributed by atoms with van der Waals surface area (Å²) >= 11 is 6.92. The number of methoxy groups -OCH3 is 1. The number of halogens is 1. The monoisotopic (exact) mass is 535 g/mol. The van der Waals surface area contributed by atoms with Gasteiger partial charge in [0.25, 0.3) is 10.0 Å². The summed E-state index contributed by atoms with van der Waals surface area (Å²) in [5.41, 5.74) is 0.578. The van der Waals surface area contributed by atoms with Crippen LogP contribution in [0.15, 0.2) is 57.8 Å². The molecule has 4 rings (SSSR count). The Morgan fingerprint density at radius 2 is 1.77 bits per heavy atom. The highest BCUT2D eigenvalue weighted by Gasteiger charge is 2.43. The van der Waals surface area contributed by atoms with Crippen LogP contribution in [0.25, 0.3) is 0 Å². The number of hydrogen-bond acceptors (Lipinski definition) is 6. The number of amidine groups is 1. The maximum absolute atomic E-state index is 13.4. The Kier molecular flexibility index (Phi) is 8.03. The molecule has 8 nitrogen and oxygen atoms in total. The van der Waals surface area contributed by atoms with Gasteiger partial charge < -0.3 is 10.1 Å². The average Bonchev–Trinajstić information content (AvgIpc) is 3.13. The number of hydrogen-bond donors (Lipinski definition) is 1. The average molecular weight is 536 g/mol. The quantitative estimate of drug-likeness (QED) is 0.551. The van der Waals surface area contributed by atoms with Gasteiger partial charge in [0.15, 0.2) is 5.17 Å². The molecule has 0 radical (unpaired) electrons. The zero-order valence-electron chi connectivity index (χ0n) is 19.1. The molecule has 2 aromatic rings. The molecule has 2 aromatic carbocycles. The predicted octanol–water partition coefficient (Wildman–Crippen LogP) is 4.70. The van der Waals surface area contributed by atoms with Crippen molar-refractivity contribution in [3.8, 4) is 5.75 Å².